The van der Waals surface area contributed by atoms with Crippen molar-refractivity contribution in [2.24, 2.45) is 4.99 Å². The van der Waals surface area contributed by atoms with Gasteiger partial charge >= 0.3 is 0 Å². The molecule has 1 rings (SSSR count). The van der Waals surface area contributed by atoms with E-state index in [2.05, 4.69) is 28.8 Å². The zero-order valence-corrected chi connectivity index (χ0v) is 15.3. The molecule has 1 aromatic carbocycles. The maximum Gasteiger partial charge on any atom is 0.191 e. The Morgan fingerprint density at radius 1 is 1.37 bits per heavy atom. The van der Waals surface area contributed by atoms with Gasteiger partial charge in [-0.3, -0.25) is 4.99 Å². The maximum atomic E-state index is 6.10. The molecule has 2 N–H and O–H groups in total. The Morgan fingerprint density at radius 2 is 2.05 bits per heavy atom. The molecule has 0 aliphatic carbocycles. The molecule has 0 radical (unpaired) electrons. The third-order valence-corrected chi connectivity index (χ3v) is 3.93. The van der Waals surface area contributed by atoms with E-state index in [0.717, 1.165) is 23.1 Å². The molecule has 1 atom stereocenters. The molecule has 108 valence electrons. The van der Waals surface area contributed by atoms with E-state index in [-0.39, 0.29) is 24.0 Å². The van der Waals surface area contributed by atoms with Crippen molar-refractivity contribution in [3.63, 3.8) is 0 Å². The molecule has 0 aliphatic heterocycles. The first-order valence-electron chi connectivity index (χ1n) is 5.88. The van der Waals surface area contributed by atoms with Crippen LogP contribution in [0.1, 0.15) is 12.5 Å². The van der Waals surface area contributed by atoms with Crippen molar-refractivity contribution in [3.05, 3.63) is 34.9 Å². The van der Waals surface area contributed by atoms with Gasteiger partial charge in [0.2, 0.25) is 0 Å². The minimum Gasteiger partial charge on any atom is -0.355 e. The maximum absolute atomic E-state index is 6.10. The molecule has 0 bridgehead atoms. The van der Waals surface area contributed by atoms with Crippen LogP contribution in [0.5, 0.6) is 0 Å². The smallest absolute Gasteiger partial charge is 0.191 e. The highest BCUT2D eigenvalue weighted by atomic mass is 127. The number of rotatable bonds is 5. The van der Waals surface area contributed by atoms with Crippen LogP contribution >= 0.6 is 47.3 Å². The summed E-state index contributed by atoms with van der Waals surface area (Å²) in [4.78, 5) is 4.18. The summed E-state index contributed by atoms with van der Waals surface area (Å²) in [5.74, 6) is 0.802. The number of hydrogen-bond donors (Lipinski definition) is 2. The number of hydrogen-bond acceptors (Lipinski definition) is 2. The summed E-state index contributed by atoms with van der Waals surface area (Å²) in [5, 5.41) is 7.87. The molecule has 0 aliphatic rings. The van der Waals surface area contributed by atoms with Gasteiger partial charge < -0.3 is 10.6 Å². The van der Waals surface area contributed by atoms with Crippen molar-refractivity contribution >= 4 is 53.3 Å². The summed E-state index contributed by atoms with van der Waals surface area (Å²) in [5.41, 5.74) is 1.07. The van der Waals surface area contributed by atoms with E-state index in [1.165, 1.54) is 0 Å². The zero-order chi connectivity index (χ0) is 13.4. The molecule has 0 saturated carbocycles. The molecule has 0 heterocycles. The molecule has 0 spiro atoms. The van der Waals surface area contributed by atoms with Crippen LogP contribution in [0, 0.1) is 0 Å². The predicted octanol–water partition coefficient (Wildman–Crippen LogP) is 3.37. The van der Waals surface area contributed by atoms with Gasteiger partial charge in [-0.1, -0.05) is 36.7 Å². The van der Waals surface area contributed by atoms with E-state index in [0.29, 0.717) is 11.8 Å². The van der Waals surface area contributed by atoms with Gasteiger partial charge in [0.15, 0.2) is 5.96 Å². The minimum atomic E-state index is 0. The molecule has 3 nitrogen and oxygen atoms in total. The van der Waals surface area contributed by atoms with E-state index in [4.69, 9.17) is 11.6 Å². The highest BCUT2D eigenvalue weighted by Crippen LogP contribution is 2.14. The average molecular weight is 414 g/mol. The van der Waals surface area contributed by atoms with E-state index in [9.17, 15) is 0 Å². The van der Waals surface area contributed by atoms with Gasteiger partial charge in [-0.2, -0.15) is 11.8 Å². The van der Waals surface area contributed by atoms with E-state index >= 15 is 0 Å². The van der Waals surface area contributed by atoms with Crippen LogP contribution in [0.4, 0.5) is 0 Å². The normalized spacial score (nSPS) is 12.5. The third-order valence-electron chi connectivity index (χ3n) is 2.59. The van der Waals surface area contributed by atoms with Crippen LogP contribution in [0.3, 0.4) is 0 Å². The fourth-order valence-electron chi connectivity index (χ4n) is 1.37. The third kappa shape index (κ3) is 7.27. The van der Waals surface area contributed by atoms with Gasteiger partial charge in [-0.05, 0) is 17.9 Å². The number of aliphatic imine (C=N–C) groups is 1. The first kappa shape index (κ1) is 18.9. The quantitative estimate of drug-likeness (QED) is 0.441. The molecule has 1 aromatic rings. The lowest BCUT2D eigenvalue weighted by Gasteiger charge is -2.15. The summed E-state index contributed by atoms with van der Waals surface area (Å²) in [7, 11) is 1.77. The topological polar surface area (TPSA) is 36.4 Å². The van der Waals surface area contributed by atoms with Crippen LogP contribution in [0.15, 0.2) is 29.3 Å². The van der Waals surface area contributed by atoms with Gasteiger partial charge in [0.25, 0.3) is 0 Å². The van der Waals surface area contributed by atoms with Crippen LogP contribution in [-0.4, -0.2) is 31.1 Å². The lowest BCUT2D eigenvalue weighted by molar-refractivity contribution is 0.791. The van der Waals surface area contributed by atoms with Crippen molar-refractivity contribution in [2.45, 2.75) is 18.7 Å². The number of guanidine groups is 1. The van der Waals surface area contributed by atoms with Crippen LogP contribution < -0.4 is 10.6 Å². The van der Waals surface area contributed by atoms with Crippen LogP contribution in [0.25, 0.3) is 0 Å². The Balaban J connectivity index is 0.00000324. The van der Waals surface area contributed by atoms with Crippen LogP contribution in [-0.2, 0) is 6.54 Å². The lowest BCUT2D eigenvalue weighted by Crippen LogP contribution is -2.39. The molecule has 19 heavy (non-hydrogen) atoms. The second-order valence-corrected chi connectivity index (χ2v) is 5.63. The Hall–Kier alpha value is -0.140. The van der Waals surface area contributed by atoms with Gasteiger partial charge in [0.05, 0.1) is 0 Å². The van der Waals surface area contributed by atoms with Crippen LogP contribution in [0.2, 0.25) is 5.02 Å². The highest BCUT2D eigenvalue weighted by Gasteiger charge is 2.03. The van der Waals surface area contributed by atoms with Gasteiger partial charge in [-0.15, -0.1) is 24.0 Å². The van der Waals surface area contributed by atoms with Crippen molar-refractivity contribution in [1.82, 2.24) is 10.6 Å². The Labute approximate surface area is 142 Å². The van der Waals surface area contributed by atoms with Crippen molar-refractivity contribution < 1.29 is 0 Å². The number of nitrogens with one attached hydrogen (secondary N) is 2. The Kier molecular flexibility index (Phi) is 10.5. The zero-order valence-electron chi connectivity index (χ0n) is 11.4. The molecular weight excluding hydrogens is 393 g/mol. The molecule has 1 unspecified atom stereocenters. The standard InChI is InChI=1S/C13H20ClN3S.HI/c1-10(18-3)8-16-13(15-2)17-9-11-6-4-5-7-12(11)14;/h4-7,10H,8-9H2,1-3H3,(H2,15,16,17);1H. The van der Waals surface area contributed by atoms with E-state index < -0.39 is 0 Å². The van der Waals surface area contributed by atoms with E-state index in [1.54, 1.807) is 7.05 Å². The first-order chi connectivity index (χ1) is 8.67. The molecule has 0 aromatic heterocycles. The van der Waals surface area contributed by atoms with Crippen molar-refractivity contribution in [2.75, 3.05) is 19.8 Å². The molecule has 0 amide bonds. The number of thioether (sulfide) groups is 1. The number of halogens is 2. The average Bonchev–Trinajstić information content (AvgIpc) is 2.40. The van der Waals surface area contributed by atoms with Gasteiger partial charge in [-0.25, -0.2) is 0 Å². The number of nitrogens with zero attached hydrogens (tertiary/aromatic N) is 1. The van der Waals surface area contributed by atoms with Gasteiger partial charge in [0, 0.05) is 30.4 Å². The summed E-state index contributed by atoms with van der Waals surface area (Å²) in [6.45, 7) is 3.75. The lowest BCUT2D eigenvalue weighted by atomic mass is 10.2. The molecular formula is C13H21ClIN3S. The summed E-state index contributed by atoms with van der Waals surface area (Å²) in [6, 6.07) is 7.81. The molecule has 0 fully saturated rings. The first-order valence-corrected chi connectivity index (χ1v) is 7.54. The second-order valence-electron chi connectivity index (χ2n) is 3.94. The minimum absolute atomic E-state index is 0. The summed E-state index contributed by atoms with van der Waals surface area (Å²) < 4.78 is 0. The highest BCUT2D eigenvalue weighted by molar-refractivity contribution is 14.0. The van der Waals surface area contributed by atoms with Crippen molar-refractivity contribution in [3.8, 4) is 0 Å². The summed E-state index contributed by atoms with van der Waals surface area (Å²) >= 11 is 7.93. The molecule has 0 saturated heterocycles. The Bertz CT molecular complexity index is 401. The molecule has 6 heteroatoms. The largest absolute Gasteiger partial charge is 0.355 e. The number of benzene rings is 1. The van der Waals surface area contributed by atoms with Crippen molar-refractivity contribution in [1.29, 1.82) is 0 Å². The Morgan fingerprint density at radius 3 is 2.63 bits per heavy atom. The van der Waals surface area contributed by atoms with E-state index in [1.807, 2.05) is 36.0 Å². The summed E-state index contributed by atoms with van der Waals surface area (Å²) in [6.07, 6.45) is 2.10. The predicted molar refractivity (Wildman–Crippen MR) is 98.0 cm³/mol. The SMILES string of the molecule is CN=C(NCc1ccccc1Cl)NCC(C)SC.I. The second kappa shape index (κ2) is 10.6. The van der Waals surface area contributed by atoms with Gasteiger partial charge in [0.1, 0.15) is 0 Å². The fraction of sp³-hybridized carbons (Fsp3) is 0.462. The monoisotopic (exact) mass is 413 g/mol. The fourth-order valence-corrected chi connectivity index (χ4v) is 1.82.